The van der Waals surface area contributed by atoms with E-state index in [2.05, 4.69) is 16.8 Å². The van der Waals surface area contributed by atoms with E-state index in [4.69, 9.17) is 4.79 Å². The molecule has 0 saturated carbocycles. The van der Waals surface area contributed by atoms with Gasteiger partial charge in [0.1, 0.15) is 0 Å². The Morgan fingerprint density at radius 1 is 1.56 bits per heavy atom. The fraction of sp³-hybridized carbons (Fsp3) is 0.500. The first-order valence-electron chi connectivity index (χ1n) is 2.44. The van der Waals surface area contributed by atoms with E-state index in [0.29, 0.717) is 0 Å². The van der Waals surface area contributed by atoms with Crippen molar-refractivity contribution in [2.24, 2.45) is 11.5 Å². The van der Waals surface area contributed by atoms with E-state index in [9.17, 15) is 4.79 Å². The van der Waals surface area contributed by atoms with E-state index in [1.165, 1.54) is 0 Å². The molecule has 5 N–H and O–H groups in total. The quantitative estimate of drug-likeness (QED) is 0.350. The predicted molar refractivity (Wildman–Crippen MR) is 31.4 cm³/mol. The van der Waals surface area contributed by atoms with E-state index in [1.54, 1.807) is 0 Å². The number of hydrogen-bond donors (Lipinski definition) is 3. The summed E-state index contributed by atoms with van der Waals surface area (Å²) >= 11 is 0. The highest BCUT2D eigenvalue weighted by Gasteiger charge is 2.07. The molecule has 1 aliphatic heterocycles. The lowest BCUT2D eigenvalue weighted by atomic mass is 10.3. The zero-order chi connectivity index (χ0) is 7.28. The Bertz CT molecular complexity index is 113. The number of primary amides is 2. The largest absolute Gasteiger partial charge is 0.356 e. The van der Waals surface area contributed by atoms with E-state index < -0.39 is 6.03 Å². The van der Waals surface area contributed by atoms with Crippen molar-refractivity contribution in [3.63, 3.8) is 0 Å². The van der Waals surface area contributed by atoms with Crippen LogP contribution in [-0.2, 0) is 4.79 Å². The second-order valence-electron chi connectivity index (χ2n) is 1.50. The Labute approximate surface area is 52.4 Å². The molecule has 0 aliphatic carbocycles. The highest BCUT2D eigenvalue weighted by atomic mass is 16.2. The van der Waals surface area contributed by atoms with Crippen molar-refractivity contribution in [3.8, 4) is 0 Å². The predicted octanol–water partition coefficient (Wildman–Crippen LogP) is -1.47. The fourth-order valence-corrected chi connectivity index (χ4v) is 0.227. The van der Waals surface area contributed by atoms with Crippen LogP contribution in [0.2, 0.25) is 0 Å². The van der Waals surface area contributed by atoms with Gasteiger partial charge in [-0.3, -0.25) is 4.79 Å². The van der Waals surface area contributed by atoms with Crippen molar-refractivity contribution < 1.29 is 9.59 Å². The van der Waals surface area contributed by atoms with E-state index in [-0.39, 0.29) is 5.91 Å². The Hall–Kier alpha value is -1.26. The lowest BCUT2D eigenvalue weighted by Gasteiger charge is -2.10. The summed E-state index contributed by atoms with van der Waals surface area (Å²) in [7, 11) is 0. The molecule has 9 heavy (non-hydrogen) atoms. The van der Waals surface area contributed by atoms with Crippen molar-refractivity contribution in [2.75, 3.05) is 6.54 Å². The van der Waals surface area contributed by atoms with Crippen molar-refractivity contribution in [1.82, 2.24) is 5.32 Å². The van der Waals surface area contributed by atoms with Gasteiger partial charge in [-0.05, 0) is 0 Å². The third kappa shape index (κ3) is 6.74. The highest BCUT2D eigenvalue weighted by molar-refractivity contribution is 5.81. The van der Waals surface area contributed by atoms with Gasteiger partial charge in [0.15, 0.2) is 0 Å². The fourth-order valence-electron chi connectivity index (χ4n) is 0.227. The minimum atomic E-state index is -0.833. The molecule has 52 valence electrons. The Morgan fingerprint density at radius 3 is 1.78 bits per heavy atom. The molecule has 0 aromatic heterocycles. The van der Waals surface area contributed by atoms with Crippen LogP contribution >= 0.6 is 0 Å². The van der Waals surface area contributed by atoms with Crippen LogP contribution in [0, 0.1) is 0 Å². The maximum Gasteiger partial charge on any atom is 0.309 e. The van der Waals surface area contributed by atoms with Gasteiger partial charge in [0.05, 0.1) is 0 Å². The molecular weight excluding hydrogens is 122 g/mol. The van der Waals surface area contributed by atoms with Crippen molar-refractivity contribution in [1.29, 1.82) is 0 Å². The van der Waals surface area contributed by atoms with Gasteiger partial charge in [-0.25, -0.2) is 4.79 Å². The summed E-state index contributed by atoms with van der Waals surface area (Å²) in [6.45, 7) is 0.888. The van der Waals surface area contributed by atoms with Gasteiger partial charge in [0, 0.05) is 13.0 Å². The normalized spacial score (nSPS) is 14.0. The molecule has 5 nitrogen and oxygen atoms in total. The summed E-state index contributed by atoms with van der Waals surface area (Å²) in [5, 5.41) is 2.57. The lowest BCUT2D eigenvalue weighted by Crippen LogP contribution is -2.37. The minimum absolute atomic E-state index is 0.185. The Morgan fingerprint density at radius 2 is 1.78 bits per heavy atom. The molecular formula is C4H9N3O2. The number of rotatable bonds is 0. The van der Waals surface area contributed by atoms with Crippen LogP contribution in [0.25, 0.3) is 0 Å². The molecule has 1 saturated heterocycles. The molecule has 1 fully saturated rings. The monoisotopic (exact) mass is 131 g/mol. The molecule has 0 spiro atoms. The molecule has 3 amide bonds. The highest BCUT2D eigenvalue weighted by Crippen LogP contribution is 1.85. The third-order valence-corrected chi connectivity index (χ3v) is 0.674. The molecule has 0 aromatic carbocycles. The number of nitrogens with two attached hydrogens (primary N) is 2. The van der Waals surface area contributed by atoms with E-state index in [1.807, 2.05) is 0 Å². The number of urea groups is 1. The van der Waals surface area contributed by atoms with E-state index in [0.717, 1.165) is 13.0 Å². The summed E-state index contributed by atoms with van der Waals surface area (Å²) in [6.07, 6.45) is 0.736. The molecule has 5 heteroatoms. The Balaban J connectivity index is 0.000000148. The summed E-state index contributed by atoms with van der Waals surface area (Å²) in [4.78, 5) is 18.8. The van der Waals surface area contributed by atoms with Gasteiger partial charge in [0.25, 0.3) is 0 Å². The number of carbonyl (C=O) groups excluding carboxylic acids is 2. The molecule has 0 aromatic rings. The van der Waals surface area contributed by atoms with E-state index >= 15 is 0 Å². The first kappa shape index (κ1) is 7.74. The van der Waals surface area contributed by atoms with Gasteiger partial charge in [-0.2, -0.15) is 0 Å². The molecule has 1 heterocycles. The molecule has 0 bridgehead atoms. The first-order valence-corrected chi connectivity index (χ1v) is 2.44. The van der Waals surface area contributed by atoms with Gasteiger partial charge in [0.2, 0.25) is 5.91 Å². The molecule has 0 unspecified atom stereocenters. The number of β-lactam (4-membered cyclic amide) rings is 1. The first-order chi connectivity index (χ1) is 4.13. The van der Waals surface area contributed by atoms with Crippen LogP contribution in [0.15, 0.2) is 0 Å². The van der Waals surface area contributed by atoms with Crippen LogP contribution < -0.4 is 16.8 Å². The van der Waals surface area contributed by atoms with Gasteiger partial charge >= 0.3 is 6.03 Å². The molecule has 1 rings (SSSR count). The summed E-state index contributed by atoms with van der Waals surface area (Å²) in [6, 6.07) is -0.833. The zero-order valence-corrected chi connectivity index (χ0v) is 4.89. The van der Waals surface area contributed by atoms with Crippen LogP contribution in [0.5, 0.6) is 0 Å². The Kier molecular flexibility index (Phi) is 3.19. The van der Waals surface area contributed by atoms with Crippen LogP contribution in [0.1, 0.15) is 6.42 Å². The standard InChI is InChI=1S/C3H5NO.CH4N2O/c5-3-1-2-4-3;2-1(3)4/h1-2H2,(H,4,5);(H4,2,3,4). The third-order valence-electron chi connectivity index (χ3n) is 0.674. The van der Waals surface area contributed by atoms with Gasteiger partial charge in [-0.1, -0.05) is 0 Å². The average Bonchev–Trinajstić information content (AvgIpc) is 1.59. The summed E-state index contributed by atoms with van der Waals surface area (Å²) in [5.41, 5.74) is 8.50. The molecule has 0 radical (unpaired) electrons. The lowest BCUT2D eigenvalue weighted by molar-refractivity contribution is -0.125. The zero-order valence-electron chi connectivity index (χ0n) is 4.89. The molecule has 0 atom stereocenters. The minimum Gasteiger partial charge on any atom is -0.356 e. The van der Waals surface area contributed by atoms with Crippen LogP contribution in [0.3, 0.4) is 0 Å². The van der Waals surface area contributed by atoms with Gasteiger partial charge < -0.3 is 16.8 Å². The summed E-state index contributed by atoms with van der Waals surface area (Å²) in [5.74, 6) is 0.185. The van der Waals surface area contributed by atoms with Crippen molar-refractivity contribution in [2.45, 2.75) is 6.42 Å². The van der Waals surface area contributed by atoms with Crippen LogP contribution in [-0.4, -0.2) is 18.5 Å². The topological polar surface area (TPSA) is 98.2 Å². The van der Waals surface area contributed by atoms with Crippen LogP contribution in [0.4, 0.5) is 4.79 Å². The molecule has 1 aliphatic rings. The number of nitrogens with one attached hydrogen (secondary N) is 1. The SMILES string of the molecule is NC(N)=O.O=C1CCN1. The average molecular weight is 131 g/mol. The number of amides is 3. The second-order valence-corrected chi connectivity index (χ2v) is 1.50. The second kappa shape index (κ2) is 3.71. The maximum atomic E-state index is 9.79. The number of hydrogen-bond acceptors (Lipinski definition) is 2. The maximum absolute atomic E-state index is 9.79. The van der Waals surface area contributed by atoms with Crippen molar-refractivity contribution >= 4 is 11.9 Å². The van der Waals surface area contributed by atoms with Crippen molar-refractivity contribution in [3.05, 3.63) is 0 Å². The number of carbonyl (C=O) groups is 2. The van der Waals surface area contributed by atoms with Gasteiger partial charge in [-0.15, -0.1) is 0 Å². The summed E-state index contributed by atoms with van der Waals surface area (Å²) < 4.78 is 0. The smallest absolute Gasteiger partial charge is 0.309 e.